The van der Waals surface area contributed by atoms with Gasteiger partial charge in [-0.3, -0.25) is 19.6 Å². The summed E-state index contributed by atoms with van der Waals surface area (Å²) in [5.74, 6) is 0.0140. The smallest absolute Gasteiger partial charge is 0.277 e. The Hall–Kier alpha value is -2.93. The van der Waals surface area contributed by atoms with E-state index in [9.17, 15) is 9.59 Å². The summed E-state index contributed by atoms with van der Waals surface area (Å²) in [4.78, 5) is 35.0. The molecule has 7 nitrogen and oxygen atoms in total. The van der Waals surface area contributed by atoms with Gasteiger partial charge >= 0.3 is 0 Å². The fourth-order valence-corrected chi connectivity index (χ4v) is 5.30. The van der Waals surface area contributed by atoms with Crippen LogP contribution in [0.25, 0.3) is 5.65 Å². The molecular weight excluding hydrogens is 414 g/mol. The average molecular weight is 448 g/mol. The van der Waals surface area contributed by atoms with Gasteiger partial charge in [-0.2, -0.15) is 0 Å². The van der Waals surface area contributed by atoms with Crippen LogP contribution in [0.15, 0.2) is 35.1 Å². The van der Waals surface area contributed by atoms with E-state index in [4.69, 9.17) is 4.98 Å². The van der Waals surface area contributed by atoms with Crippen molar-refractivity contribution in [3.63, 3.8) is 0 Å². The van der Waals surface area contributed by atoms with Crippen molar-refractivity contribution in [2.45, 2.75) is 65.6 Å². The van der Waals surface area contributed by atoms with E-state index in [0.717, 1.165) is 30.9 Å². The summed E-state index contributed by atoms with van der Waals surface area (Å²) < 4.78 is 1.58. The minimum atomic E-state index is -0.0800. The van der Waals surface area contributed by atoms with Crippen molar-refractivity contribution in [2.75, 3.05) is 13.1 Å². The van der Waals surface area contributed by atoms with Crippen LogP contribution >= 0.6 is 0 Å². The maximum Gasteiger partial charge on any atom is 0.277 e. The predicted octanol–water partition coefficient (Wildman–Crippen LogP) is 3.60. The molecule has 7 heteroatoms. The number of rotatable bonds is 4. The van der Waals surface area contributed by atoms with Gasteiger partial charge in [0.2, 0.25) is 5.91 Å². The standard InChI is InChI=1S/C26H33N5O2/c1-17(2)25(32)30-12-10-21-20(16-30)26(33)31-24(27-21)14-22(28-31)23-9-4-5-11-29(23)15-19-8-6-7-18(3)13-19/h6-8,13-14,17,23,28H,4-5,9-12,15-16H2,1-3H3. The van der Waals surface area contributed by atoms with Crippen LogP contribution < -0.4 is 5.56 Å². The highest BCUT2D eigenvalue weighted by molar-refractivity contribution is 5.78. The van der Waals surface area contributed by atoms with E-state index in [-0.39, 0.29) is 23.4 Å². The first-order valence-corrected chi connectivity index (χ1v) is 12.1. The molecular formula is C26H33N5O2. The number of nitrogens with zero attached hydrogens (tertiary/aromatic N) is 4. The van der Waals surface area contributed by atoms with Crippen LogP contribution in [0, 0.1) is 12.8 Å². The van der Waals surface area contributed by atoms with Gasteiger partial charge in [-0.05, 0) is 31.9 Å². The van der Waals surface area contributed by atoms with Gasteiger partial charge < -0.3 is 4.90 Å². The molecule has 1 saturated heterocycles. The molecule has 2 aliphatic rings. The minimum absolute atomic E-state index is 0.0752. The summed E-state index contributed by atoms with van der Waals surface area (Å²) in [6, 6.07) is 11.0. The molecule has 0 saturated carbocycles. The molecule has 0 bridgehead atoms. The number of carbonyl (C=O) groups excluding carboxylic acids is 1. The third-order valence-corrected chi connectivity index (χ3v) is 7.03. The predicted molar refractivity (Wildman–Crippen MR) is 128 cm³/mol. The summed E-state index contributed by atoms with van der Waals surface area (Å²) >= 11 is 0. The Labute approximate surface area is 194 Å². The number of aryl methyl sites for hydroxylation is 1. The third kappa shape index (κ3) is 4.22. The zero-order valence-electron chi connectivity index (χ0n) is 19.8. The largest absolute Gasteiger partial charge is 0.337 e. The summed E-state index contributed by atoms with van der Waals surface area (Å²) in [5, 5.41) is 3.37. The van der Waals surface area contributed by atoms with Crippen molar-refractivity contribution >= 4 is 11.6 Å². The van der Waals surface area contributed by atoms with Crippen LogP contribution in [0.4, 0.5) is 0 Å². The second-order valence-corrected chi connectivity index (χ2v) is 9.88. The highest BCUT2D eigenvalue weighted by Crippen LogP contribution is 2.32. The molecule has 1 unspecified atom stereocenters. The number of H-pyrrole nitrogens is 1. The second-order valence-electron chi connectivity index (χ2n) is 9.88. The number of carbonyl (C=O) groups is 1. The van der Waals surface area contributed by atoms with Crippen LogP contribution in [-0.2, 0) is 24.3 Å². The van der Waals surface area contributed by atoms with Crippen molar-refractivity contribution in [1.82, 2.24) is 24.4 Å². The van der Waals surface area contributed by atoms with Gasteiger partial charge in [0.15, 0.2) is 5.65 Å². The lowest BCUT2D eigenvalue weighted by atomic mass is 9.98. The van der Waals surface area contributed by atoms with E-state index in [2.05, 4.69) is 41.2 Å². The van der Waals surface area contributed by atoms with Gasteiger partial charge in [0, 0.05) is 31.5 Å². The van der Waals surface area contributed by atoms with Crippen molar-refractivity contribution in [3.8, 4) is 0 Å². The molecule has 1 fully saturated rings. The lowest BCUT2D eigenvalue weighted by Gasteiger charge is -2.35. The Morgan fingerprint density at radius 3 is 2.85 bits per heavy atom. The summed E-state index contributed by atoms with van der Waals surface area (Å²) in [5.41, 5.74) is 5.71. The summed E-state index contributed by atoms with van der Waals surface area (Å²) in [6.07, 6.45) is 4.05. The van der Waals surface area contributed by atoms with Crippen LogP contribution in [0.1, 0.15) is 67.2 Å². The van der Waals surface area contributed by atoms with Crippen LogP contribution in [0.3, 0.4) is 0 Å². The maximum absolute atomic E-state index is 13.4. The van der Waals surface area contributed by atoms with Gasteiger partial charge in [0.25, 0.3) is 5.56 Å². The van der Waals surface area contributed by atoms with E-state index in [0.29, 0.717) is 30.7 Å². The molecule has 4 heterocycles. The zero-order valence-corrected chi connectivity index (χ0v) is 19.8. The fourth-order valence-electron chi connectivity index (χ4n) is 5.30. The molecule has 1 amide bonds. The Bertz CT molecular complexity index is 1240. The molecule has 1 N–H and O–H groups in total. The normalized spacial score (nSPS) is 19.3. The number of aromatic amines is 1. The highest BCUT2D eigenvalue weighted by atomic mass is 16.2. The molecule has 2 aliphatic heterocycles. The zero-order chi connectivity index (χ0) is 23.1. The van der Waals surface area contributed by atoms with Crippen molar-refractivity contribution in [2.24, 2.45) is 5.92 Å². The molecule has 1 atom stereocenters. The molecule has 5 rings (SSSR count). The van der Waals surface area contributed by atoms with Crippen LogP contribution in [-0.4, -0.2) is 43.4 Å². The van der Waals surface area contributed by atoms with Gasteiger partial charge in [-0.25, -0.2) is 9.50 Å². The van der Waals surface area contributed by atoms with Gasteiger partial charge in [0.05, 0.1) is 29.5 Å². The highest BCUT2D eigenvalue weighted by Gasteiger charge is 2.29. The third-order valence-electron chi connectivity index (χ3n) is 7.03. The van der Waals surface area contributed by atoms with Gasteiger partial charge in [-0.1, -0.05) is 50.1 Å². The molecule has 1 aromatic carbocycles. The second kappa shape index (κ2) is 8.78. The number of benzene rings is 1. The molecule has 2 aromatic heterocycles. The monoisotopic (exact) mass is 447 g/mol. The lowest BCUT2D eigenvalue weighted by Crippen LogP contribution is -2.41. The first-order valence-electron chi connectivity index (χ1n) is 12.1. The molecule has 0 aliphatic carbocycles. The number of piperidine rings is 1. The minimum Gasteiger partial charge on any atom is -0.337 e. The summed E-state index contributed by atoms with van der Waals surface area (Å²) in [7, 11) is 0. The fraction of sp³-hybridized carbons (Fsp3) is 0.500. The first-order chi connectivity index (χ1) is 15.9. The van der Waals surface area contributed by atoms with Crippen molar-refractivity contribution < 1.29 is 4.79 Å². The number of nitrogens with one attached hydrogen (secondary N) is 1. The number of amides is 1. The topological polar surface area (TPSA) is 73.7 Å². The Balaban J connectivity index is 1.46. The summed E-state index contributed by atoms with van der Waals surface area (Å²) in [6.45, 7) is 8.83. The first kappa shape index (κ1) is 21.9. The molecule has 33 heavy (non-hydrogen) atoms. The SMILES string of the molecule is Cc1cccc(CN2CCCCC2c2cc3nc4c(c(=O)n3[nH]2)CN(C(=O)C(C)C)CC4)c1. The molecule has 0 spiro atoms. The lowest BCUT2D eigenvalue weighted by molar-refractivity contribution is -0.135. The number of aromatic nitrogens is 3. The number of hydrogen-bond donors (Lipinski definition) is 1. The Kier molecular flexibility index (Phi) is 5.83. The number of likely N-dealkylation sites (tertiary alicyclic amines) is 1. The average Bonchev–Trinajstić information content (AvgIpc) is 3.23. The van der Waals surface area contributed by atoms with E-state index < -0.39 is 0 Å². The molecule has 3 aromatic rings. The van der Waals surface area contributed by atoms with Crippen molar-refractivity contribution in [1.29, 1.82) is 0 Å². The Morgan fingerprint density at radius 2 is 2.06 bits per heavy atom. The van der Waals surface area contributed by atoms with E-state index in [1.807, 2.05) is 19.9 Å². The number of fused-ring (bicyclic) bond motifs is 2. The van der Waals surface area contributed by atoms with E-state index in [1.165, 1.54) is 24.0 Å². The Morgan fingerprint density at radius 1 is 1.21 bits per heavy atom. The van der Waals surface area contributed by atoms with Crippen LogP contribution in [0.5, 0.6) is 0 Å². The quantitative estimate of drug-likeness (QED) is 0.663. The van der Waals surface area contributed by atoms with Crippen molar-refractivity contribution in [3.05, 3.63) is 68.8 Å². The molecule has 0 radical (unpaired) electrons. The van der Waals surface area contributed by atoms with E-state index >= 15 is 0 Å². The van der Waals surface area contributed by atoms with Gasteiger partial charge in [-0.15, -0.1) is 0 Å². The van der Waals surface area contributed by atoms with Crippen LogP contribution in [0.2, 0.25) is 0 Å². The maximum atomic E-state index is 13.4. The van der Waals surface area contributed by atoms with Gasteiger partial charge in [0.1, 0.15) is 0 Å². The number of hydrogen-bond acceptors (Lipinski definition) is 4. The van der Waals surface area contributed by atoms with E-state index in [1.54, 1.807) is 9.42 Å². The molecule has 174 valence electrons.